The molecule has 1 aromatic rings. The molecule has 0 bridgehead atoms. The summed E-state index contributed by atoms with van der Waals surface area (Å²) in [4.78, 5) is 0. The summed E-state index contributed by atoms with van der Waals surface area (Å²) in [5.41, 5.74) is 7.74. The topological polar surface area (TPSA) is 61.0 Å². The van der Waals surface area contributed by atoms with E-state index in [4.69, 9.17) is 5.73 Å². The first kappa shape index (κ1) is 19.3. The Morgan fingerprint density at radius 1 is 1.14 bits per heavy atom. The smallest absolute Gasteiger partial charge is 0.0314 e. The predicted molar refractivity (Wildman–Crippen MR) is 60.9 cm³/mol. The van der Waals surface area contributed by atoms with E-state index in [1.165, 1.54) is 12.0 Å². The fourth-order valence-electron chi connectivity index (χ4n) is 0.973. The minimum Gasteiger partial charge on any atom is -0.399 e. The van der Waals surface area contributed by atoms with E-state index < -0.39 is 0 Å². The predicted octanol–water partition coefficient (Wildman–Crippen LogP) is 3.22. The fourth-order valence-corrected chi connectivity index (χ4v) is 0.973. The second kappa shape index (κ2) is 12.7. The molecule has 0 aliphatic carbocycles. The van der Waals surface area contributed by atoms with Crippen LogP contribution in [0.15, 0.2) is 24.3 Å². The molecule has 0 saturated heterocycles. The van der Waals surface area contributed by atoms with Crippen molar-refractivity contribution < 1.29 is 21.1 Å². The molecule has 82 valence electrons. The van der Waals surface area contributed by atoms with E-state index in [9.17, 15) is 0 Å². The molecule has 0 aromatic heterocycles. The Morgan fingerprint density at radius 2 is 1.57 bits per heavy atom. The van der Waals surface area contributed by atoms with Crippen LogP contribution in [-0.2, 0) is 27.5 Å². The van der Waals surface area contributed by atoms with Crippen LogP contribution in [0, 0.1) is 6.92 Å². The molecule has 3 heteroatoms. The molecule has 0 saturated carbocycles. The zero-order valence-corrected chi connectivity index (χ0v) is 12.1. The summed E-state index contributed by atoms with van der Waals surface area (Å²) in [6, 6.07) is 8.06. The van der Waals surface area contributed by atoms with E-state index in [-0.39, 0.29) is 27.2 Å². The maximum absolute atomic E-state index is 5.52. The standard InChI is InChI=1S/C9H13N.C2H5.H3N.W/c1-2-3-8-4-6-9(10)7-5-8;1-2;;/h4-7H,2-3,10H2,1H3;1H2,2H3;1H3;/q;-1;;. The minimum atomic E-state index is 0. The van der Waals surface area contributed by atoms with Gasteiger partial charge in [-0.3, -0.25) is 0 Å². The maximum Gasteiger partial charge on any atom is 0.0314 e. The first-order valence-corrected chi connectivity index (χ1v) is 4.38. The second-order valence-electron chi connectivity index (χ2n) is 2.49. The summed E-state index contributed by atoms with van der Waals surface area (Å²) in [5.74, 6) is 0. The summed E-state index contributed by atoms with van der Waals surface area (Å²) in [7, 11) is 0. The van der Waals surface area contributed by atoms with Crippen LogP contribution in [-0.4, -0.2) is 0 Å². The van der Waals surface area contributed by atoms with Gasteiger partial charge in [-0.1, -0.05) is 25.5 Å². The Labute approximate surface area is 102 Å². The van der Waals surface area contributed by atoms with Crippen LogP contribution in [0.2, 0.25) is 0 Å². The summed E-state index contributed by atoms with van der Waals surface area (Å²) < 4.78 is 0. The Hall–Kier alpha value is -0.332. The first-order valence-electron chi connectivity index (χ1n) is 4.38. The molecule has 5 N–H and O–H groups in total. The van der Waals surface area contributed by atoms with E-state index in [1.807, 2.05) is 12.1 Å². The van der Waals surface area contributed by atoms with Crippen LogP contribution in [0.3, 0.4) is 0 Å². The van der Waals surface area contributed by atoms with Gasteiger partial charge in [0, 0.05) is 26.8 Å². The zero-order chi connectivity index (χ0) is 9.40. The van der Waals surface area contributed by atoms with E-state index in [2.05, 4.69) is 26.0 Å². The average Bonchev–Trinajstić information content (AvgIpc) is 2.13. The number of rotatable bonds is 2. The molecule has 1 aromatic carbocycles. The molecular weight excluding hydrogens is 344 g/mol. The van der Waals surface area contributed by atoms with Crippen LogP contribution < -0.4 is 11.9 Å². The van der Waals surface area contributed by atoms with Gasteiger partial charge in [-0.2, -0.15) is 6.92 Å². The fraction of sp³-hybridized carbons (Fsp3) is 0.364. The Morgan fingerprint density at radius 3 is 1.93 bits per heavy atom. The van der Waals surface area contributed by atoms with Crippen molar-refractivity contribution in [2.45, 2.75) is 26.7 Å². The quantitative estimate of drug-likeness (QED) is 0.625. The van der Waals surface area contributed by atoms with Crippen LogP contribution in [0.5, 0.6) is 0 Å². The molecule has 14 heavy (non-hydrogen) atoms. The molecule has 0 spiro atoms. The molecule has 2 nitrogen and oxygen atoms in total. The van der Waals surface area contributed by atoms with Crippen molar-refractivity contribution >= 4 is 5.69 Å². The van der Waals surface area contributed by atoms with E-state index in [0.29, 0.717) is 0 Å². The average molecular weight is 365 g/mol. The zero-order valence-electron chi connectivity index (χ0n) is 9.12. The molecule has 0 heterocycles. The van der Waals surface area contributed by atoms with Crippen LogP contribution in [0.4, 0.5) is 5.69 Å². The summed E-state index contributed by atoms with van der Waals surface area (Å²) >= 11 is 0. The van der Waals surface area contributed by atoms with Crippen molar-refractivity contribution in [2.75, 3.05) is 5.73 Å². The van der Waals surface area contributed by atoms with E-state index >= 15 is 0 Å². The van der Waals surface area contributed by atoms with Crippen molar-refractivity contribution in [3.05, 3.63) is 36.8 Å². The molecule has 1 rings (SSSR count). The summed E-state index contributed by atoms with van der Waals surface area (Å²) in [6.07, 6.45) is 2.35. The minimum absolute atomic E-state index is 0. The normalized spacial score (nSPS) is 7.36. The first-order chi connectivity index (χ1) is 5.83. The van der Waals surface area contributed by atoms with Crippen LogP contribution in [0.25, 0.3) is 0 Å². The second-order valence-corrected chi connectivity index (χ2v) is 2.49. The van der Waals surface area contributed by atoms with Gasteiger partial charge in [-0.25, -0.2) is 0 Å². The van der Waals surface area contributed by atoms with Crippen molar-refractivity contribution in [1.29, 1.82) is 0 Å². The Balaban J connectivity index is -0.000000284. The summed E-state index contributed by atoms with van der Waals surface area (Å²) in [6.45, 7) is 7.18. The number of nitrogens with two attached hydrogens (primary N) is 1. The monoisotopic (exact) mass is 365 g/mol. The molecule has 0 aliphatic heterocycles. The van der Waals surface area contributed by atoms with Gasteiger partial charge in [0.2, 0.25) is 0 Å². The van der Waals surface area contributed by atoms with E-state index in [1.54, 1.807) is 6.92 Å². The number of hydrogen-bond donors (Lipinski definition) is 2. The molecule has 0 amide bonds. The van der Waals surface area contributed by atoms with Gasteiger partial charge in [0.1, 0.15) is 0 Å². The van der Waals surface area contributed by atoms with Crippen molar-refractivity contribution in [1.82, 2.24) is 6.15 Å². The van der Waals surface area contributed by atoms with Crippen LogP contribution in [0.1, 0.15) is 25.8 Å². The molecule has 0 unspecified atom stereocenters. The number of benzene rings is 1. The maximum atomic E-state index is 5.52. The van der Waals surface area contributed by atoms with Gasteiger partial charge in [0.15, 0.2) is 0 Å². The largest absolute Gasteiger partial charge is 0.399 e. The molecule has 0 aliphatic rings. The number of nitrogen functional groups attached to an aromatic ring is 1. The van der Waals surface area contributed by atoms with Gasteiger partial charge in [0.25, 0.3) is 0 Å². The van der Waals surface area contributed by atoms with Crippen molar-refractivity contribution in [2.24, 2.45) is 0 Å². The Bertz CT molecular complexity index is 197. The third kappa shape index (κ3) is 8.27. The SMILES string of the molecule is CCCc1ccc(N)cc1.N.[CH2-]C.[W]. The van der Waals surface area contributed by atoms with Gasteiger partial charge in [0.05, 0.1) is 0 Å². The third-order valence-corrected chi connectivity index (χ3v) is 1.52. The van der Waals surface area contributed by atoms with Crippen LogP contribution >= 0.6 is 0 Å². The molecular formula is C11H21N2W-. The van der Waals surface area contributed by atoms with Gasteiger partial charge >= 0.3 is 0 Å². The Kier molecular flexibility index (Phi) is 17.4. The number of aryl methyl sites for hydroxylation is 1. The number of hydrogen-bond acceptors (Lipinski definition) is 2. The summed E-state index contributed by atoms with van der Waals surface area (Å²) in [5, 5.41) is 0. The third-order valence-electron chi connectivity index (χ3n) is 1.52. The molecule has 0 radical (unpaired) electrons. The van der Waals surface area contributed by atoms with Gasteiger partial charge in [-0.05, 0) is 24.1 Å². The van der Waals surface area contributed by atoms with Gasteiger partial charge in [-0.15, -0.1) is 0 Å². The number of anilines is 1. The van der Waals surface area contributed by atoms with Crippen molar-refractivity contribution in [3.63, 3.8) is 0 Å². The molecule has 0 atom stereocenters. The van der Waals surface area contributed by atoms with E-state index in [0.717, 1.165) is 12.1 Å². The molecule has 0 fully saturated rings. The van der Waals surface area contributed by atoms with Gasteiger partial charge < -0.3 is 18.8 Å². The van der Waals surface area contributed by atoms with Crippen molar-refractivity contribution in [3.8, 4) is 0 Å².